The molecule has 1 N–H and O–H groups in total. The van der Waals surface area contributed by atoms with Gasteiger partial charge in [0.15, 0.2) is 5.13 Å². The number of amides is 1. The van der Waals surface area contributed by atoms with Crippen LogP contribution in [0.1, 0.15) is 17.0 Å². The van der Waals surface area contributed by atoms with E-state index in [0.717, 1.165) is 4.88 Å². The van der Waals surface area contributed by atoms with Crippen LogP contribution in [0.4, 0.5) is 5.13 Å². The molecule has 0 aliphatic heterocycles. The largest absolute Gasteiger partial charge is 0.469 e. The van der Waals surface area contributed by atoms with Crippen molar-refractivity contribution in [3.8, 4) is 6.07 Å². The van der Waals surface area contributed by atoms with Crippen LogP contribution in [0, 0.1) is 18.3 Å². The van der Waals surface area contributed by atoms with E-state index in [9.17, 15) is 9.59 Å². The summed E-state index contributed by atoms with van der Waals surface area (Å²) in [6.45, 7) is 1.74. The Balaban J connectivity index is 2.71. The van der Waals surface area contributed by atoms with Crippen molar-refractivity contribution in [1.82, 2.24) is 4.98 Å². The van der Waals surface area contributed by atoms with E-state index in [0.29, 0.717) is 10.8 Å². The maximum Gasteiger partial charge on any atom is 0.310 e. The van der Waals surface area contributed by atoms with Crippen molar-refractivity contribution < 1.29 is 14.3 Å². The van der Waals surface area contributed by atoms with Crippen LogP contribution < -0.4 is 5.32 Å². The molecule has 1 aromatic heterocycles. The Labute approximate surface area is 102 Å². The molecule has 0 radical (unpaired) electrons. The maximum atomic E-state index is 11.2. The lowest BCUT2D eigenvalue weighted by atomic mass is 10.3. The van der Waals surface area contributed by atoms with E-state index in [1.807, 2.05) is 0 Å². The standard InChI is InChI=1S/C10H11N3O3S/c1-6-7(5-9(15)16-2)17-10(12-6)13-8(14)3-4-11/h3,5H2,1-2H3,(H,12,13,14). The van der Waals surface area contributed by atoms with Crippen molar-refractivity contribution in [2.24, 2.45) is 0 Å². The fraction of sp³-hybridized carbons (Fsp3) is 0.400. The first kappa shape index (κ1) is 13.1. The zero-order valence-corrected chi connectivity index (χ0v) is 10.3. The zero-order chi connectivity index (χ0) is 12.8. The molecule has 17 heavy (non-hydrogen) atoms. The fourth-order valence-corrected chi connectivity index (χ4v) is 2.05. The summed E-state index contributed by atoms with van der Waals surface area (Å²) in [4.78, 5) is 27.1. The number of anilines is 1. The van der Waals surface area contributed by atoms with Crippen LogP contribution in [0.2, 0.25) is 0 Å². The van der Waals surface area contributed by atoms with E-state index in [1.165, 1.54) is 18.4 Å². The molecule has 0 saturated carbocycles. The number of hydrogen-bond acceptors (Lipinski definition) is 6. The van der Waals surface area contributed by atoms with Gasteiger partial charge < -0.3 is 10.1 Å². The summed E-state index contributed by atoms with van der Waals surface area (Å²) in [5, 5.41) is 11.2. The topological polar surface area (TPSA) is 92.1 Å². The summed E-state index contributed by atoms with van der Waals surface area (Å²) < 4.78 is 4.55. The predicted molar refractivity (Wildman–Crippen MR) is 61.4 cm³/mol. The summed E-state index contributed by atoms with van der Waals surface area (Å²) in [6.07, 6.45) is -0.0842. The number of nitrogens with one attached hydrogen (secondary N) is 1. The second-order valence-corrected chi connectivity index (χ2v) is 4.25. The first-order valence-electron chi connectivity index (χ1n) is 4.76. The van der Waals surface area contributed by atoms with E-state index in [-0.39, 0.29) is 18.8 Å². The number of thiazole rings is 1. The number of carbonyl (C=O) groups is 2. The van der Waals surface area contributed by atoms with Gasteiger partial charge in [-0.2, -0.15) is 5.26 Å². The Morgan fingerprint density at radius 2 is 2.29 bits per heavy atom. The highest BCUT2D eigenvalue weighted by atomic mass is 32.1. The van der Waals surface area contributed by atoms with E-state index < -0.39 is 5.91 Å². The van der Waals surface area contributed by atoms with Gasteiger partial charge in [-0.25, -0.2) is 4.98 Å². The highest BCUT2D eigenvalue weighted by molar-refractivity contribution is 7.16. The van der Waals surface area contributed by atoms with Gasteiger partial charge in [-0.15, -0.1) is 11.3 Å². The highest BCUT2D eigenvalue weighted by Gasteiger charge is 2.13. The number of nitriles is 1. The van der Waals surface area contributed by atoms with Crippen LogP contribution in [0.5, 0.6) is 0 Å². The summed E-state index contributed by atoms with van der Waals surface area (Å²) in [5.74, 6) is -0.766. The van der Waals surface area contributed by atoms with Crippen molar-refractivity contribution in [3.63, 3.8) is 0 Å². The third-order valence-corrected chi connectivity index (χ3v) is 2.98. The average Bonchev–Trinajstić information content (AvgIpc) is 2.59. The van der Waals surface area contributed by atoms with Gasteiger partial charge in [0.1, 0.15) is 6.42 Å². The number of rotatable bonds is 4. The van der Waals surface area contributed by atoms with Crippen LogP contribution in [0.15, 0.2) is 0 Å². The average molecular weight is 253 g/mol. The number of hydrogen-bond donors (Lipinski definition) is 1. The molecule has 6 nitrogen and oxygen atoms in total. The molecule has 0 unspecified atom stereocenters. The molecular weight excluding hydrogens is 242 g/mol. The van der Waals surface area contributed by atoms with Gasteiger partial charge in [0.05, 0.1) is 25.3 Å². The van der Waals surface area contributed by atoms with E-state index in [4.69, 9.17) is 5.26 Å². The second-order valence-electron chi connectivity index (χ2n) is 3.16. The number of carbonyl (C=O) groups excluding carboxylic acids is 2. The third kappa shape index (κ3) is 3.85. The van der Waals surface area contributed by atoms with E-state index in [2.05, 4.69) is 15.0 Å². The monoisotopic (exact) mass is 253 g/mol. The van der Waals surface area contributed by atoms with Crippen LogP contribution in [0.25, 0.3) is 0 Å². The van der Waals surface area contributed by atoms with Crippen molar-refractivity contribution in [2.45, 2.75) is 19.8 Å². The summed E-state index contributed by atoms with van der Waals surface area (Å²) in [7, 11) is 1.31. The molecular formula is C10H11N3O3S. The molecule has 0 aromatic carbocycles. The fourth-order valence-electron chi connectivity index (χ4n) is 1.08. The lowest BCUT2D eigenvalue weighted by Gasteiger charge is -1.96. The Morgan fingerprint density at radius 1 is 1.59 bits per heavy atom. The van der Waals surface area contributed by atoms with Crippen molar-refractivity contribution in [3.05, 3.63) is 10.6 Å². The van der Waals surface area contributed by atoms with Crippen molar-refractivity contribution in [1.29, 1.82) is 5.26 Å². The molecule has 1 heterocycles. The second kappa shape index (κ2) is 5.96. The minimum atomic E-state index is -0.411. The van der Waals surface area contributed by atoms with Crippen LogP contribution in [0.3, 0.4) is 0 Å². The number of aryl methyl sites for hydroxylation is 1. The quantitative estimate of drug-likeness (QED) is 0.809. The minimum absolute atomic E-state index is 0.133. The Bertz CT molecular complexity index is 476. The molecule has 90 valence electrons. The highest BCUT2D eigenvalue weighted by Crippen LogP contribution is 2.23. The number of ether oxygens (including phenoxy) is 1. The molecule has 0 atom stereocenters. The zero-order valence-electron chi connectivity index (χ0n) is 9.44. The third-order valence-electron chi connectivity index (χ3n) is 1.91. The van der Waals surface area contributed by atoms with Gasteiger partial charge in [0.25, 0.3) is 0 Å². The molecule has 0 bridgehead atoms. The number of aromatic nitrogens is 1. The summed E-state index contributed by atoms with van der Waals surface area (Å²) in [6, 6.07) is 1.74. The maximum absolute atomic E-state index is 11.2. The van der Waals surface area contributed by atoms with Crippen molar-refractivity contribution in [2.75, 3.05) is 12.4 Å². The van der Waals surface area contributed by atoms with Gasteiger partial charge in [0, 0.05) is 4.88 Å². The van der Waals surface area contributed by atoms with Gasteiger partial charge >= 0.3 is 5.97 Å². The molecule has 0 fully saturated rings. The van der Waals surface area contributed by atoms with Gasteiger partial charge in [-0.05, 0) is 6.92 Å². The van der Waals surface area contributed by atoms with Crippen LogP contribution in [-0.2, 0) is 20.7 Å². The van der Waals surface area contributed by atoms with Gasteiger partial charge in [-0.1, -0.05) is 0 Å². The number of esters is 1. The lowest BCUT2D eigenvalue weighted by Crippen LogP contribution is -2.09. The van der Waals surface area contributed by atoms with Crippen molar-refractivity contribution >= 4 is 28.3 Å². The van der Waals surface area contributed by atoms with Crippen LogP contribution in [-0.4, -0.2) is 24.0 Å². The lowest BCUT2D eigenvalue weighted by molar-refractivity contribution is -0.139. The normalized spacial score (nSPS) is 9.47. The smallest absolute Gasteiger partial charge is 0.310 e. The van der Waals surface area contributed by atoms with Gasteiger partial charge in [-0.3, -0.25) is 9.59 Å². The Morgan fingerprint density at radius 3 is 2.88 bits per heavy atom. The summed E-state index contributed by atoms with van der Waals surface area (Å²) >= 11 is 1.20. The molecule has 0 saturated heterocycles. The first-order chi connectivity index (χ1) is 8.06. The van der Waals surface area contributed by atoms with E-state index in [1.54, 1.807) is 13.0 Å². The molecule has 0 spiro atoms. The van der Waals surface area contributed by atoms with Crippen LogP contribution >= 0.6 is 11.3 Å². The molecule has 0 aliphatic carbocycles. The molecule has 1 rings (SSSR count). The van der Waals surface area contributed by atoms with Gasteiger partial charge in [0.2, 0.25) is 5.91 Å². The molecule has 1 aromatic rings. The van der Waals surface area contributed by atoms with E-state index >= 15 is 0 Å². The molecule has 1 amide bonds. The first-order valence-corrected chi connectivity index (χ1v) is 5.58. The molecule has 0 aliphatic rings. The SMILES string of the molecule is COC(=O)Cc1sc(NC(=O)CC#N)nc1C. The minimum Gasteiger partial charge on any atom is -0.469 e. The number of nitrogens with zero attached hydrogens (tertiary/aromatic N) is 2. The Hall–Kier alpha value is -1.94. The molecule has 7 heteroatoms. The summed E-state index contributed by atoms with van der Waals surface area (Å²) in [5.41, 5.74) is 0.674. The Kier molecular flexibility index (Phi) is 4.60. The number of methoxy groups -OCH3 is 1. The predicted octanol–water partition coefficient (Wildman–Crippen LogP) is 1.02.